The number of fused-ring (bicyclic) bond motifs is 1. The lowest BCUT2D eigenvalue weighted by Gasteiger charge is -1.94. The molecular formula is C14H12ClN3O. The molecule has 0 saturated heterocycles. The van der Waals surface area contributed by atoms with E-state index in [0.29, 0.717) is 17.0 Å². The summed E-state index contributed by atoms with van der Waals surface area (Å²) < 4.78 is 0. The summed E-state index contributed by atoms with van der Waals surface area (Å²) in [5.74, 6) is -0.175. The van der Waals surface area contributed by atoms with E-state index in [4.69, 9.17) is 22.1 Å². The van der Waals surface area contributed by atoms with Crippen LogP contribution in [0.4, 0.5) is 0 Å². The van der Waals surface area contributed by atoms with Gasteiger partial charge in [0.1, 0.15) is 0 Å². The fourth-order valence-corrected chi connectivity index (χ4v) is 1.67. The van der Waals surface area contributed by atoms with Crippen LogP contribution in [-0.2, 0) is 0 Å². The van der Waals surface area contributed by atoms with Gasteiger partial charge in [-0.25, -0.2) is 0 Å². The number of ketones is 1. The predicted molar refractivity (Wildman–Crippen MR) is 73.8 cm³/mol. The number of aromatic amines is 1. The molecule has 2 aromatic rings. The van der Waals surface area contributed by atoms with E-state index in [-0.39, 0.29) is 12.2 Å². The average molecular weight is 274 g/mol. The first-order valence-corrected chi connectivity index (χ1v) is 6.05. The molecule has 1 N–H and O–H groups in total. The number of hydrogen-bond acceptors (Lipinski definition) is 3. The van der Waals surface area contributed by atoms with E-state index < -0.39 is 0 Å². The first-order chi connectivity index (χ1) is 9.13. The third-order valence-electron chi connectivity index (χ3n) is 2.34. The molecule has 1 aromatic heterocycles. The minimum atomic E-state index is -0.175. The maximum Gasteiger partial charge on any atom is 0.179 e. The van der Waals surface area contributed by atoms with Gasteiger partial charge in [-0.2, -0.15) is 10.5 Å². The van der Waals surface area contributed by atoms with Gasteiger partial charge in [-0.3, -0.25) is 4.79 Å². The minimum Gasteiger partial charge on any atom is -0.360 e. The van der Waals surface area contributed by atoms with Crippen molar-refractivity contribution in [2.75, 3.05) is 0 Å². The summed E-state index contributed by atoms with van der Waals surface area (Å²) >= 11 is 5.81. The molecule has 1 heterocycles. The van der Waals surface area contributed by atoms with Crippen LogP contribution in [0, 0.1) is 22.7 Å². The third kappa shape index (κ3) is 3.84. The van der Waals surface area contributed by atoms with E-state index in [0.717, 1.165) is 10.9 Å². The van der Waals surface area contributed by atoms with Gasteiger partial charge in [-0.15, -0.1) is 0 Å². The Kier molecular flexibility index (Phi) is 5.60. The first-order valence-electron chi connectivity index (χ1n) is 5.67. The largest absolute Gasteiger partial charge is 0.360 e. The van der Waals surface area contributed by atoms with Crippen LogP contribution in [0.25, 0.3) is 10.9 Å². The molecule has 0 radical (unpaired) electrons. The predicted octanol–water partition coefficient (Wildman–Crippen LogP) is 3.84. The number of carbonyl (C=O) groups is 1. The molecule has 96 valence electrons. The van der Waals surface area contributed by atoms with E-state index in [1.807, 2.05) is 19.1 Å². The maximum absolute atomic E-state index is 11.5. The Morgan fingerprint density at radius 1 is 1.37 bits per heavy atom. The molecule has 19 heavy (non-hydrogen) atoms. The SMILES string of the molecule is CCC#N.N#CCC(=O)c1c[nH]c2cc(Cl)ccc12. The molecule has 0 unspecified atom stereocenters. The van der Waals surface area contributed by atoms with Gasteiger partial charge in [-0.1, -0.05) is 24.6 Å². The van der Waals surface area contributed by atoms with Gasteiger partial charge >= 0.3 is 0 Å². The molecular weight excluding hydrogens is 262 g/mol. The Labute approximate surface area is 116 Å². The maximum atomic E-state index is 11.5. The molecule has 0 amide bonds. The molecule has 0 aliphatic rings. The van der Waals surface area contributed by atoms with Gasteiger partial charge in [0, 0.05) is 34.1 Å². The molecule has 0 bridgehead atoms. The summed E-state index contributed by atoms with van der Waals surface area (Å²) in [6, 6.07) is 9.02. The highest BCUT2D eigenvalue weighted by molar-refractivity contribution is 6.31. The van der Waals surface area contributed by atoms with E-state index >= 15 is 0 Å². The van der Waals surface area contributed by atoms with E-state index in [9.17, 15) is 4.79 Å². The van der Waals surface area contributed by atoms with E-state index in [1.54, 1.807) is 24.4 Å². The summed E-state index contributed by atoms with van der Waals surface area (Å²) in [5.41, 5.74) is 1.35. The van der Waals surface area contributed by atoms with Crippen molar-refractivity contribution in [3.05, 3.63) is 35.0 Å². The number of halogens is 1. The van der Waals surface area contributed by atoms with Crippen molar-refractivity contribution in [1.82, 2.24) is 4.98 Å². The topological polar surface area (TPSA) is 80.4 Å². The molecule has 5 heteroatoms. The summed E-state index contributed by atoms with van der Waals surface area (Å²) in [4.78, 5) is 14.5. The fourth-order valence-electron chi connectivity index (χ4n) is 1.50. The Hall–Kier alpha value is -2.30. The summed E-state index contributed by atoms with van der Waals surface area (Å²) in [6.07, 6.45) is 2.14. The van der Waals surface area contributed by atoms with Crippen LogP contribution in [0.5, 0.6) is 0 Å². The number of nitrogens with zero attached hydrogens (tertiary/aromatic N) is 2. The van der Waals surface area contributed by atoms with Crippen molar-refractivity contribution >= 4 is 28.3 Å². The Balaban J connectivity index is 0.000000399. The number of benzene rings is 1. The van der Waals surface area contributed by atoms with E-state index in [2.05, 4.69) is 4.98 Å². The molecule has 0 spiro atoms. The van der Waals surface area contributed by atoms with Gasteiger partial charge in [0.15, 0.2) is 5.78 Å². The second-order valence-corrected chi connectivity index (χ2v) is 4.10. The number of aromatic nitrogens is 1. The quantitative estimate of drug-likeness (QED) is 0.844. The second-order valence-electron chi connectivity index (χ2n) is 3.66. The highest BCUT2D eigenvalue weighted by Crippen LogP contribution is 2.22. The number of carbonyl (C=O) groups excluding carboxylic acids is 1. The Morgan fingerprint density at radius 2 is 2.05 bits per heavy atom. The van der Waals surface area contributed by atoms with Crippen molar-refractivity contribution in [3.63, 3.8) is 0 Å². The van der Waals surface area contributed by atoms with Crippen LogP contribution < -0.4 is 0 Å². The fraction of sp³-hybridized carbons (Fsp3) is 0.214. The summed E-state index contributed by atoms with van der Waals surface area (Å²) in [6.45, 7) is 1.82. The van der Waals surface area contributed by atoms with Gasteiger partial charge in [0.2, 0.25) is 0 Å². The van der Waals surface area contributed by atoms with Crippen LogP contribution in [0.3, 0.4) is 0 Å². The standard InChI is InChI=1S/C11H7ClN2O.C3H5N/c12-7-1-2-8-9(11(15)3-4-13)6-14-10(8)5-7;1-2-3-4/h1-2,5-6,14H,3H2;2H2,1H3. The highest BCUT2D eigenvalue weighted by Gasteiger charge is 2.11. The molecule has 4 nitrogen and oxygen atoms in total. The molecule has 0 atom stereocenters. The number of nitriles is 2. The molecule has 1 aromatic carbocycles. The smallest absolute Gasteiger partial charge is 0.179 e. The molecule has 0 aliphatic carbocycles. The summed E-state index contributed by atoms with van der Waals surface area (Å²) in [7, 11) is 0. The minimum absolute atomic E-state index is 0.102. The highest BCUT2D eigenvalue weighted by atomic mass is 35.5. The van der Waals surface area contributed by atoms with Crippen LogP contribution in [-0.4, -0.2) is 10.8 Å². The van der Waals surface area contributed by atoms with Gasteiger partial charge in [0.25, 0.3) is 0 Å². The third-order valence-corrected chi connectivity index (χ3v) is 2.58. The zero-order chi connectivity index (χ0) is 14.3. The van der Waals surface area contributed by atoms with Gasteiger partial charge in [-0.05, 0) is 12.1 Å². The Bertz CT molecular complexity index is 661. The van der Waals surface area contributed by atoms with E-state index in [1.165, 1.54) is 0 Å². The molecule has 0 fully saturated rings. The zero-order valence-corrected chi connectivity index (χ0v) is 11.2. The number of rotatable bonds is 2. The number of H-pyrrole nitrogens is 1. The van der Waals surface area contributed by atoms with Crippen LogP contribution in [0.2, 0.25) is 5.02 Å². The lowest BCUT2D eigenvalue weighted by atomic mass is 10.1. The monoisotopic (exact) mass is 273 g/mol. The number of Topliss-reactive ketones (excluding diaryl/α,β-unsaturated/α-hetero) is 1. The van der Waals surface area contributed by atoms with Crippen LogP contribution in [0.1, 0.15) is 30.1 Å². The Morgan fingerprint density at radius 3 is 2.63 bits per heavy atom. The van der Waals surface area contributed by atoms with Gasteiger partial charge < -0.3 is 4.98 Å². The second kappa shape index (κ2) is 7.20. The van der Waals surface area contributed by atoms with Crippen LogP contribution in [0.15, 0.2) is 24.4 Å². The van der Waals surface area contributed by atoms with Crippen molar-refractivity contribution in [3.8, 4) is 12.1 Å². The zero-order valence-electron chi connectivity index (χ0n) is 10.4. The number of nitrogens with one attached hydrogen (secondary N) is 1. The van der Waals surface area contributed by atoms with Crippen molar-refractivity contribution < 1.29 is 4.79 Å². The first kappa shape index (κ1) is 14.8. The lowest BCUT2D eigenvalue weighted by molar-refractivity contribution is 0.0999. The molecule has 2 rings (SSSR count). The lowest BCUT2D eigenvalue weighted by Crippen LogP contribution is -1.95. The average Bonchev–Trinajstić information content (AvgIpc) is 2.82. The van der Waals surface area contributed by atoms with Crippen molar-refractivity contribution in [1.29, 1.82) is 10.5 Å². The molecule has 0 saturated carbocycles. The summed E-state index contributed by atoms with van der Waals surface area (Å²) in [5, 5.41) is 17.5. The van der Waals surface area contributed by atoms with Crippen molar-refractivity contribution in [2.45, 2.75) is 19.8 Å². The van der Waals surface area contributed by atoms with Crippen LogP contribution >= 0.6 is 11.6 Å². The van der Waals surface area contributed by atoms with Crippen molar-refractivity contribution in [2.24, 2.45) is 0 Å². The normalized spacial score (nSPS) is 9.05. The number of hydrogen-bond donors (Lipinski definition) is 1. The molecule has 0 aliphatic heterocycles. The van der Waals surface area contributed by atoms with Gasteiger partial charge in [0.05, 0.1) is 18.6 Å².